The van der Waals surface area contributed by atoms with Crippen molar-refractivity contribution in [2.45, 2.75) is 0 Å². The summed E-state index contributed by atoms with van der Waals surface area (Å²) >= 11 is 1.89. The monoisotopic (exact) mass is 263 g/mol. The summed E-state index contributed by atoms with van der Waals surface area (Å²) in [6.07, 6.45) is 1.74. The van der Waals surface area contributed by atoms with Crippen molar-refractivity contribution in [3.63, 3.8) is 0 Å². The first-order chi connectivity index (χ1) is 8.77. The lowest BCUT2D eigenvalue weighted by Crippen LogP contribution is -2.33. The van der Waals surface area contributed by atoms with Gasteiger partial charge in [-0.3, -0.25) is 4.40 Å². The zero-order valence-corrected chi connectivity index (χ0v) is 10.6. The van der Waals surface area contributed by atoms with E-state index >= 15 is 0 Å². The molecule has 1 saturated heterocycles. The predicted molar refractivity (Wildman–Crippen MR) is 71.7 cm³/mol. The SMILES string of the molecule is O=C(O)c1c(N2CCSCC2)nc2ccccn12. The molecule has 0 aliphatic carbocycles. The van der Waals surface area contributed by atoms with Crippen molar-refractivity contribution in [3.8, 4) is 0 Å². The molecule has 0 aromatic carbocycles. The van der Waals surface area contributed by atoms with Crippen LogP contribution in [0.4, 0.5) is 5.82 Å². The summed E-state index contributed by atoms with van der Waals surface area (Å²) in [6, 6.07) is 5.51. The van der Waals surface area contributed by atoms with Crippen LogP contribution in [0.5, 0.6) is 0 Å². The topological polar surface area (TPSA) is 57.8 Å². The molecule has 1 aliphatic heterocycles. The predicted octanol–water partition coefficient (Wildman–Crippen LogP) is 1.59. The normalized spacial score (nSPS) is 16.1. The molecule has 3 heterocycles. The molecule has 2 aromatic heterocycles. The van der Waals surface area contributed by atoms with Crippen molar-refractivity contribution in [1.82, 2.24) is 9.38 Å². The molecule has 0 spiro atoms. The van der Waals surface area contributed by atoms with Crippen LogP contribution in [0.1, 0.15) is 10.5 Å². The largest absolute Gasteiger partial charge is 0.476 e. The highest BCUT2D eigenvalue weighted by atomic mass is 32.2. The van der Waals surface area contributed by atoms with Crippen molar-refractivity contribution in [1.29, 1.82) is 0 Å². The molecule has 1 N–H and O–H groups in total. The molecule has 18 heavy (non-hydrogen) atoms. The minimum absolute atomic E-state index is 0.262. The third-order valence-electron chi connectivity index (χ3n) is 3.02. The van der Waals surface area contributed by atoms with Gasteiger partial charge in [-0.15, -0.1) is 0 Å². The summed E-state index contributed by atoms with van der Waals surface area (Å²) in [5, 5.41) is 9.39. The van der Waals surface area contributed by atoms with E-state index in [4.69, 9.17) is 0 Å². The number of aromatic nitrogens is 2. The van der Waals surface area contributed by atoms with E-state index in [0.29, 0.717) is 11.5 Å². The molecule has 5 nitrogen and oxygen atoms in total. The summed E-state index contributed by atoms with van der Waals surface area (Å²) in [5.41, 5.74) is 0.945. The molecule has 0 saturated carbocycles. The van der Waals surface area contributed by atoms with Crippen molar-refractivity contribution in [2.24, 2.45) is 0 Å². The summed E-state index contributed by atoms with van der Waals surface area (Å²) < 4.78 is 1.64. The fourth-order valence-electron chi connectivity index (χ4n) is 2.18. The Hall–Kier alpha value is -1.69. The molecular weight excluding hydrogens is 250 g/mol. The second-order valence-electron chi connectivity index (χ2n) is 4.12. The standard InChI is InChI=1S/C12H13N3O2S/c16-12(17)10-11(14-5-7-18-8-6-14)13-9-3-1-2-4-15(9)10/h1-4H,5-8H2,(H,16,17). The summed E-state index contributed by atoms with van der Waals surface area (Å²) in [5.74, 6) is 1.70. The average molecular weight is 263 g/mol. The van der Waals surface area contributed by atoms with Crippen LogP contribution in [-0.2, 0) is 0 Å². The van der Waals surface area contributed by atoms with Gasteiger partial charge in [-0.2, -0.15) is 11.8 Å². The zero-order chi connectivity index (χ0) is 12.5. The first kappa shape index (κ1) is 11.4. The lowest BCUT2D eigenvalue weighted by atomic mass is 10.3. The Labute approximate surface area is 108 Å². The van der Waals surface area contributed by atoms with Crippen LogP contribution < -0.4 is 4.90 Å². The van der Waals surface area contributed by atoms with E-state index in [-0.39, 0.29) is 5.69 Å². The zero-order valence-electron chi connectivity index (χ0n) is 9.74. The number of imidazole rings is 1. The van der Waals surface area contributed by atoms with E-state index in [1.54, 1.807) is 10.6 Å². The molecular formula is C12H13N3O2S. The van der Waals surface area contributed by atoms with Crippen LogP contribution in [0, 0.1) is 0 Å². The quantitative estimate of drug-likeness (QED) is 0.891. The molecule has 0 unspecified atom stereocenters. The molecule has 1 aliphatic rings. The molecule has 94 valence electrons. The molecule has 2 aromatic rings. The highest BCUT2D eigenvalue weighted by Crippen LogP contribution is 2.24. The molecule has 0 amide bonds. The van der Waals surface area contributed by atoms with E-state index in [1.165, 1.54) is 0 Å². The number of nitrogens with zero attached hydrogens (tertiary/aromatic N) is 3. The van der Waals surface area contributed by atoms with Crippen molar-refractivity contribution in [2.75, 3.05) is 29.5 Å². The maximum atomic E-state index is 11.4. The van der Waals surface area contributed by atoms with E-state index in [0.717, 1.165) is 24.6 Å². The van der Waals surface area contributed by atoms with Gasteiger partial charge < -0.3 is 10.0 Å². The fourth-order valence-corrected chi connectivity index (χ4v) is 3.08. The fraction of sp³-hybridized carbons (Fsp3) is 0.333. The van der Waals surface area contributed by atoms with Gasteiger partial charge in [0.15, 0.2) is 11.5 Å². The lowest BCUT2D eigenvalue weighted by Gasteiger charge is -2.26. The Morgan fingerprint density at radius 2 is 2.11 bits per heavy atom. The van der Waals surface area contributed by atoms with Gasteiger partial charge in [0.2, 0.25) is 0 Å². The first-order valence-electron chi connectivity index (χ1n) is 5.80. The number of fused-ring (bicyclic) bond motifs is 1. The molecule has 0 bridgehead atoms. The Morgan fingerprint density at radius 3 is 2.83 bits per heavy atom. The van der Waals surface area contributed by atoms with Crippen LogP contribution in [0.2, 0.25) is 0 Å². The number of carbonyl (C=O) groups is 1. The highest BCUT2D eigenvalue weighted by Gasteiger charge is 2.24. The van der Waals surface area contributed by atoms with Gasteiger partial charge in [0.05, 0.1) is 0 Å². The van der Waals surface area contributed by atoms with Crippen molar-refractivity contribution in [3.05, 3.63) is 30.1 Å². The van der Waals surface area contributed by atoms with E-state index in [2.05, 4.69) is 9.88 Å². The Kier molecular flexibility index (Phi) is 2.87. The van der Waals surface area contributed by atoms with Crippen LogP contribution in [0.15, 0.2) is 24.4 Å². The van der Waals surface area contributed by atoms with Crippen LogP contribution in [-0.4, -0.2) is 45.1 Å². The second-order valence-corrected chi connectivity index (χ2v) is 5.34. The summed E-state index contributed by atoms with van der Waals surface area (Å²) in [6.45, 7) is 1.71. The lowest BCUT2D eigenvalue weighted by molar-refractivity contribution is 0.0690. The van der Waals surface area contributed by atoms with E-state index < -0.39 is 5.97 Å². The van der Waals surface area contributed by atoms with Gasteiger partial charge in [-0.1, -0.05) is 6.07 Å². The molecule has 6 heteroatoms. The van der Waals surface area contributed by atoms with Crippen molar-refractivity contribution >= 4 is 29.2 Å². The van der Waals surface area contributed by atoms with Crippen LogP contribution in [0.25, 0.3) is 5.65 Å². The Bertz CT molecular complexity index is 590. The van der Waals surface area contributed by atoms with E-state index in [9.17, 15) is 9.90 Å². The minimum Gasteiger partial charge on any atom is -0.476 e. The molecule has 0 atom stereocenters. The number of hydrogen-bond acceptors (Lipinski definition) is 4. The van der Waals surface area contributed by atoms with Gasteiger partial charge in [0.1, 0.15) is 5.65 Å². The van der Waals surface area contributed by atoms with Crippen LogP contribution >= 0.6 is 11.8 Å². The number of carboxylic acid groups (broad SMARTS) is 1. The average Bonchev–Trinajstić information content (AvgIpc) is 2.79. The number of aromatic carboxylic acids is 1. The van der Waals surface area contributed by atoms with Gasteiger partial charge >= 0.3 is 5.97 Å². The number of carboxylic acids is 1. The van der Waals surface area contributed by atoms with Crippen LogP contribution in [0.3, 0.4) is 0 Å². The number of hydrogen-bond donors (Lipinski definition) is 1. The Balaban J connectivity index is 2.14. The third-order valence-corrected chi connectivity index (χ3v) is 3.97. The third kappa shape index (κ3) is 1.82. The highest BCUT2D eigenvalue weighted by molar-refractivity contribution is 7.99. The number of thioether (sulfide) groups is 1. The first-order valence-corrected chi connectivity index (χ1v) is 6.96. The van der Waals surface area contributed by atoms with Gasteiger partial charge in [0, 0.05) is 30.8 Å². The smallest absolute Gasteiger partial charge is 0.356 e. The summed E-state index contributed by atoms with van der Waals surface area (Å²) in [4.78, 5) is 18.0. The molecule has 1 fully saturated rings. The number of pyridine rings is 1. The second kappa shape index (κ2) is 4.53. The maximum absolute atomic E-state index is 11.4. The van der Waals surface area contributed by atoms with Crippen molar-refractivity contribution < 1.29 is 9.90 Å². The molecule has 3 rings (SSSR count). The maximum Gasteiger partial charge on any atom is 0.356 e. The minimum atomic E-state index is -0.929. The van der Waals surface area contributed by atoms with Gasteiger partial charge in [-0.25, -0.2) is 9.78 Å². The van der Waals surface area contributed by atoms with Gasteiger partial charge in [-0.05, 0) is 12.1 Å². The van der Waals surface area contributed by atoms with E-state index in [1.807, 2.05) is 30.0 Å². The van der Waals surface area contributed by atoms with Gasteiger partial charge in [0.25, 0.3) is 0 Å². The number of anilines is 1. The molecule has 0 radical (unpaired) electrons. The Morgan fingerprint density at radius 1 is 1.33 bits per heavy atom. The summed E-state index contributed by atoms with van der Waals surface area (Å²) in [7, 11) is 0. The number of rotatable bonds is 2.